The van der Waals surface area contributed by atoms with Crippen LogP contribution in [-0.2, 0) is 4.79 Å². The molecule has 0 bridgehead atoms. The molecule has 0 radical (unpaired) electrons. The Labute approximate surface area is 106 Å². The SMILES string of the molecule is C[C@H](CC1CCCC1)C(=O)NC[C@H](C)N(C)C. The molecule has 0 unspecified atom stereocenters. The summed E-state index contributed by atoms with van der Waals surface area (Å²) in [5, 5.41) is 3.06. The van der Waals surface area contributed by atoms with Gasteiger partial charge in [0.15, 0.2) is 0 Å². The van der Waals surface area contributed by atoms with Gasteiger partial charge in [0.05, 0.1) is 0 Å². The van der Waals surface area contributed by atoms with Crippen LogP contribution in [0, 0.1) is 11.8 Å². The normalized spacial score (nSPS) is 20.5. The number of hydrogen-bond acceptors (Lipinski definition) is 2. The van der Waals surface area contributed by atoms with E-state index in [1.54, 1.807) is 0 Å². The number of amides is 1. The monoisotopic (exact) mass is 240 g/mol. The van der Waals surface area contributed by atoms with Gasteiger partial charge >= 0.3 is 0 Å². The van der Waals surface area contributed by atoms with Gasteiger partial charge in [-0.1, -0.05) is 32.6 Å². The van der Waals surface area contributed by atoms with Gasteiger partial charge in [-0.3, -0.25) is 4.79 Å². The Morgan fingerprint density at radius 1 is 1.29 bits per heavy atom. The van der Waals surface area contributed by atoms with Crippen molar-refractivity contribution >= 4 is 5.91 Å². The molecule has 1 N–H and O–H groups in total. The molecule has 2 atom stereocenters. The van der Waals surface area contributed by atoms with Gasteiger partial charge in [0, 0.05) is 18.5 Å². The summed E-state index contributed by atoms with van der Waals surface area (Å²) in [4.78, 5) is 14.1. The summed E-state index contributed by atoms with van der Waals surface area (Å²) in [6.45, 7) is 4.94. The third-order valence-electron chi connectivity index (χ3n) is 4.06. The van der Waals surface area contributed by atoms with Crippen molar-refractivity contribution in [2.45, 2.75) is 52.0 Å². The Hall–Kier alpha value is -0.570. The zero-order valence-corrected chi connectivity index (χ0v) is 11.8. The highest BCUT2D eigenvalue weighted by Crippen LogP contribution is 2.30. The quantitative estimate of drug-likeness (QED) is 0.772. The lowest BCUT2D eigenvalue weighted by atomic mass is 9.94. The number of carbonyl (C=O) groups excluding carboxylic acids is 1. The highest BCUT2D eigenvalue weighted by Gasteiger charge is 2.21. The van der Waals surface area contributed by atoms with E-state index in [1.165, 1.54) is 25.7 Å². The molecule has 0 saturated heterocycles. The van der Waals surface area contributed by atoms with E-state index in [0.29, 0.717) is 6.04 Å². The average molecular weight is 240 g/mol. The first-order valence-electron chi connectivity index (χ1n) is 6.94. The molecule has 1 rings (SSSR count). The molecule has 1 aliphatic rings. The molecular weight excluding hydrogens is 212 g/mol. The second-order valence-electron chi connectivity index (χ2n) is 5.85. The van der Waals surface area contributed by atoms with Crippen LogP contribution in [-0.4, -0.2) is 37.5 Å². The van der Waals surface area contributed by atoms with Crippen LogP contribution in [0.3, 0.4) is 0 Å². The Morgan fingerprint density at radius 3 is 2.41 bits per heavy atom. The van der Waals surface area contributed by atoms with Gasteiger partial charge in [-0.05, 0) is 33.4 Å². The van der Waals surface area contributed by atoms with E-state index >= 15 is 0 Å². The maximum Gasteiger partial charge on any atom is 0.222 e. The van der Waals surface area contributed by atoms with Gasteiger partial charge < -0.3 is 10.2 Å². The molecule has 0 aromatic rings. The predicted molar refractivity (Wildman–Crippen MR) is 71.9 cm³/mol. The fourth-order valence-electron chi connectivity index (χ4n) is 2.46. The van der Waals surface area contributed by atoms with Gasteiger partial charge in [-0.25, -0.2) is 0 Å². The van der Waals surface area contributed by atoms with Crippen molar-refractivity contribution in [3.05, 3.63) is 0 Å². The summed E-state index contributed by atoms with van der Waals surface area (Å²) >= 11 is 0. The molecule has 1 aliphatic carbocycles. The van der Waals surface area contributed by atoms with E-state index in [-0.39, 0.29) is 11.8 Å². The van der Waals surface area contributed by atoms with E-state index < -0.39 is 0 Å². The third-order valence-corrected chi connectivity index (χ3v) is 4.06. The first-order chi connectivity index (χ1) is 8.00. The number of likely N-dealkylation sites (N-methyl/N-ethyl adjacent to an activating group) is 1. The highest BCUT2D eigenvalue weighted by atomic mass is 16.1. The first kappa shape index (κ1) is 14.5. The van der Waals surface area contributed by atoms with E-state index in [4.69, 9.17) is 0 Å². The van der Waals surface area contributed by atoms with Crippen molar-refractivity contribution in [3.63, 3.8) is 0 Å². The number of carbonyl (C=O) groups is 1. The fraction of sp³-hybridized carbons (Fsp3) is 0.929. The topological polar surface area (TPSA) is 32.3 Å². The summed E-state index contributed by atoms with van der Waals surface area (Å²) in [6.07, 6.45) is 6.44. The van der Waals surface area contributed by atoms with Crippen LogP contribution in [0.1, 0.15) is 46.0 Å². The molecule has 1 amide bonds. The van der Waals surface area contributed by atoms with Crippen molar-refractivity contribution in [2.75, 3.05) is 20.6 Å². The summed E-state index contributed by atoms with van der Waals surface area (Å²) < 4.78 is 0. The number of nitrogens with zero attached hydrogens (tertiary/aromatic N) is 1. The molecule has 0 aliphatic heterocycles. The minimum absolute atomic E-state index is 0.174. The van der Waals surface area contributed by atoms with Gasteiger partial charge in [-0.15, -0.1) is 0 Å². The predicted octanol–water partition coefficient (Wildman–Crippen LogP) is 2.27. The second-order valence-corrected chi connectivity index (χ2v) is 5.85. The summed E-state index contributed by atoms with van der Waals surface area (Å²) in [6, 6.07) is 0.401. The van der Waals surface area contributed by atoms with Crippen LogP contribution >= 0.6 is 0 Å². The lowest BCUT2D eigenvalue weighted by molar-refractivity contribution is -0.125. The van der Waals surface area contributed by atoms with E-state index in [2.05, 4.69) is 24.1 Å². The maximum atomic E-state index is 11.9. The van der Waals surface area contributed by atoms with Crippen LogP contribution in [0.15, 0.2) is 0 Å². The Bertz CT molecular complexity index is 234. The van der Waals surface area contributed by atoms with Gasteiger partial charge in [-0.2, -0.15) is 0 Å². The Morgan fingerprint density at radius 2 is 1.88 bits per heavy atom. The Kier molecular flexibility index (Phi) is 5.96. The standard InChI is InChI=1S/C14H28N2O/c1-11(9-13-7-5-6-8-13)14(17)15-10-12(2)16(3)4/h11-13H,5-10H2,1-4H3,(H,15,17)/t11-,12+/m1/s1. The Balaban J connectivity index is 2.21. The highest BCUT2D eigenvalue weighted by molar-refractivity contribution is 5.78. The smallest absolute Gasteiger partial charge is 0.222 e. The lowest BCUT2D eigenvalue weighted by Crippen LogP contribution is -2.40. The summed E-state index contributed by atoms with van der Waals surface area (Å²) in [7, 11) is 4.08. The zero-order chi connectivity index (χ0) is 12.8. The largest absolute Gasteiger partial charge is 0.354 e. The first-order valence-corrected chi connectivity index (χ1v) is 6.94. The molecule has 17 heavy (non-hydrogen) atoms. The maximum absolute atomic E-state index is 11.9. The molecule has 100 valence electrons. The van der Waals surface area contributed by atoms with Crippen molar-refractivity contribution in [1.29, 1.82) is 0 Å². The molecule has 3 heteroatoms. The summed E-state index contributed by atoms with van der Waals surface area (Å²) in [5.41, 5.74) is 0. The molecule has 0 heterocycles. The molecule has 0 aromatic carbocycles. The summed E-state index contributed by atoms with van der Waals surface area (Å²) in [5.74, 6) is 1.19. The minimum Gasteiger partial charge on any atom is -0.354 e. The molecule has 1 saturated carbocycles. The second kappa shape index (κ2) is 7.00. The van der Waals surface area contributed by atoms with Crippen molar-refractivity contribution in [3.8, 4) is 0 Å². The van der Waals surface area contributed by atoms with E-state index in [9.17, 15) is 4.79 Å². The number of rotatable bonds is 6. The van der Waals surface area contributed by atoms with Crippen LogP contribution in [0.4, 0.5) is 0 Å². The minimum atomic E-state index is 0.174. The van der Waals surface area contributed by atoms with Crippen LogP contribution in [0.5, 0.6) is 0 Å². The van der Waals surface area contributed by atoms with E-state index in [0.717, 1.165) is 18.9 Å². The molecule has 1 fully saturated rings. The average Bonchev–Trinajstić information content (AvgIpc) is 2.77. The number of hydrogen-bond donors (Lipinski definition) is 1. The molecule has 0 aromatic heterocycles. The van der Waals surface area contributed by atoms with Gasteiger partial charge in [0.25, 0.3) is 0 Å². The van der Waals surface area contributed by atoms with Crippen molar-refractivity contribution in [1.82, 2.24) is 10.2 Å². The van der Waals surface area contributed by atoms with Crippen molar-refractivity contribution in [2.24, 2.45) is 11.8 Å². The molecule has 3 nitrogen and oxygen atoms in total. The van der Waals surface area contributed by atoms with Gasteiger partial charge in [0.1, 0.15) is 0 Å². The van der Waals surface area contributed by atoms with Crippen LogP contribution < -0.4 is 5.32 Å². The van der Waals surface area contributed by atoms with Gasteiger partial charge in [0.2, 0.25) is 5.91 Å². The zero-order valence-electron chi connectivity index (χ0n) is 11.8. The number of nitrogens with one attached hydrogen (secondary N) is 1. The molecule has 0 spiro atoms. The third kappa shape index (κ3) is 5.07. The molecular formula is C14H28N2O. The van der Waals surface area contributed by atoms with Crippen LogP contribution in [0.25, 0.3) is 0 Å². The lowest BCUT2D eigenvalue weighted by Gasteiger charge is -2.22. The fourth-order valence-corrected chi connectivity index (χ4v) is 2.46. The van der Waals surface area contributed by atoms with E-state index in [1.807, 2.05) is 14.1 Å². The van der Waals surface area contributed by atoms with Crippen LogP contribution in [0.2, 0.25) is 0 Å². The van der Waals surface area contributed by atoms with Crippen molar-refractivity contribution < 1.29 is 4.79 Å².